The van der Waals surface area contributed by atoms with Crippen LogP contribution in [0.1, 0.15) is 39.5 Å². The first kappa shape index (κ1) is 17.1. The largest absolute Gasteiger partial charge is 0.305 e. The van der Waals surface area contributed by atoms with Crippen molar-refractivity contribution in [3.63, 3.8) is 0 Å². The van der Waals surface area contributed by atoms with E-state index in [-0.39, 0.29) is 30.0 Å². The maximum Gasteiger partial charge on any atom is 0.247 e. The van der Waals surface area contributed by atoms with Crippen molar-refractivity contribution in [1.82, 2.24) is 10.2 Å². The lowest BCUT2D eigenvalue weighted by Crippen LogP contribution is -2.44. The van der Waals surface area contributed by atoms with Crippen LogP contribution in [0.15, 0.2) is 0 Å². The molecule has 2 amide bonds. The monoisotopic (exact) mass is 305 g/mol. The number of hydrogen-bond acceptors (Lipinski definition) is 5. The molecule has 0 aliphatic carbocycles. The minimum Gasteiger partial charge on any atom is -0.305 e. The molecular formula is C12H23N3O4S. The van der Waals surface area contributed by atoms with Crippen LogP contribution in [-0.4, -0.2) is 49.5 Å². The second kappa shape index (κ2) is 7.14. The van der Waals surface area contributed by atoms with Crippen LogP contribution in [0.4, 0.5) is 0 Å². The van der Waals surface area contributed by atoms with Crippen molar-refractivity contribution in [3.05, 3.63) is 0 Å². The second-order valence-electron chi connectivity index (χ2n) is 5.00. The highest BCUT2D eigenvalue weighted by Crippen LogP contribution is 2.20. The fourth-order valence-corrected chi connectivity index (χ4v) is 2.94. The van der Waals surface area contributed by atoms with Crippen LogP contribution in [0.5, 0.6) is 0 Å². The molecule has 0 radical (unpaired) electrons. The molecule has 1 aliphatic rings. The summed E-state index contributed by atoms with van der Waals surface area (Å²) in [6.07, 6.45) is 1.95. The van der Waals surface area contributed by atoms with Gasteiger partial charge in [0.1, 0.15) is 0 Å². The molecule has 8 heteroatoms. The summed E-state index contributed by atoms with van der Waals surface area (Å²) in [6, 6.07) is -0.588. The predicted octanol–water partition coefficient (Wildman–Crippen LogP) is -0.429. The van der Waals surface area contributed by atoms with E-state index in [1.807, 2.05) is 13.8 Å². The highest BCUT2D eigenvalue weighted by Gasteiger charge is 2.40. The first-order chi connectivity index (χ1) is 9.30. The highest BCUT2D eigenvalue weighted by atomic mass is 32.2. The Hall–Kier alpha value is -0.990. The number of rotatable bonds is 8. The summed E-state index contributed by atoms with van der Waals surface area (Å²) in [6.45, 7) is 4.24. The standard InChI is InChI=1S/C12H23N3O4S/c1-3-9(4-2)15-11(16)8-10(12(15)17)14-6-5-7-20(13,18)19/h9-10,14H,3-8H2,1-2H3,(H2,13,18,19). The predicted molar refractivity (Wildman–Crippen MR) is 75.2 cm³/mol. The zero-order valence-electron chi connectivity index (χ0n) is 12.0. The number of hydrogen-bond donors (Lipinski definition) is 2. The Morgan fingerprint density at radius 3 is 2.45 bits per heavy atom. The molecule has 20 heavy (non-hydrogen) atoms. The first-order valence-electron chi connectivity index (χ1n) is 6.89. The van der Waals surface area contributed by atoms with E-state index in [2.05, 4.69) is 5.32 Å². The Morgan fingerprint density at radius 1 is 1.35 bits per heavy atom. The van der Waals surface area contributed by atoms with Gasteiger partial charge in [-0.2, -0.15) is 0 Å². The van der Waals surface area contributed by atoms with Crippen molar-refractivity contribution < 1.29 is 18.0 Å². The molecule has 0 aromatic carbocycles. The van der Waals surface area contributed by atoms with Crippen LogP contribution in [0, 0.1) is 0 Å². The third-order valence-electron chi connectivity index (χ3n) is 3.49. The van der Waals surface area contributed by atoms with Gasteiger partial charge in [0.2, 0.25) is 21.8 Å². The quantitative estimate of drug-likeness (QED) is 0.467. The smallest absolute Gasteiger partial charge is 0.247 e. The maximum absolute atomic E-state index is 12.2. The Morgan fingerprint density at radius 2 is 1.95 bits per heavy atom. The first-order valence-corrected chi connectivity index (χ1v) is 8.61. The Balaban J connectivity index is 2.50. The number of sulfonamides is 1. The summed E-state index contributed by atoms with van der Waals surface area (Å²) in [5.74, 6) is -0.502. The fraction of sp³-hybridized carbons (Fsp3) is 0.833. The molecule has 1 rings (SSSR count). The van der Waals surface area contributed by atoms with E-state index in [0.717, 1.165) is 12.8 Å². The van der Waals surface area contributed by atoms with E-state index in [9.17, 15) is 18.0 Å². The number of carbonyl (C=O) groups is 2. The number of nitrogens with one attached hydrogen (secondary N) is 1. The van der Waals surface area contributed by atoms with Crippen LogP contribution in [-0.2, 0) is 19.6 Å². The summed E-state index contributed by atoms with van der Waals surface area (Å²) < 4.78 is 21.6. The summed E-state index contributed by atoms with van der Waals surface area (Å²) in [7, 11) is -3.48. The van der Waals surface area contributed by atoms with Gasteiger partial charge in [-0.3, -0.25) is 14.5 Å². The van der Waals surface area contributed by atoms with E-state index in [0.29, 0.717) is 13.0 Å². The molecule has 0 aromatic rings. The SMILES string of the molecule is CCC(CC)N1C(=O)CC(NCCCS(N)(=O)=O)C1=O. The van der Waals surface area contributed by atoms with Crippen LogP contribution < -0.4 is 10.5 Å². The summed E-state index contributed by atoms with van der Waals surface area (Å²) in [5.41, 5.74) is 0. The molecule has 0 spiro atoms. The topological polar surface area (TPSA) is 110 Å². The third kappa shape index (κ3) is 4.53. The molecule has 3 N–H and O–H groups in total. The summed E-state index contributed by atoms with van der Waals surface area (Å²) in [5, 5.41) is 7.83. The van der Waals surface area contributed by atoms with Gasteiger partial charge in [0.25, 0.3) is 0 Å². The zero-order valence-corrected chi connectivity index (χ0v) is 12.8. The van der Waals surface area contributed by atoms with E-state index >= 15 is 0 Å². The lowest BCUT2D eigenvalue weighted by atomic mass is 10.1. The number of primary sulfonamides is 1. The molecule has 1 fully saturated rings. The molecule has 1 aliphatic heterocycles. The van der Waals surface area contributed by atoms with Gasteiger partial charge in [-0.05, 0) is 25.8 Å². The third-order valence-corrected chi connectivity index (χ3v) is 4.34. The van der Waals surface area contributed by atoms with Crippen molar-refractivity contribution in [3.8, 4) is 0 Å². The van der Waals surface area contributed by atoms with Crippen LogP contribution in [0.3, 0.4) is 0 Å². The number of nitrogens with two attached hydrogens (primary N) is 1. The average molecular weight is 305 g/mol. The molecule has 1 heterocycles. The van der Waals surface area contributed by atoms with Gasteiger partial charge in [-0.25, -0.2) is 13.6 Å². The minimum atomic E-state index is -3.48. The van der Waals surface area contributed by atoms with E-state index < -0.39 is 16.1 Å². The van der Waals surface area contributed by atoms with Crippen molar-refractivity contribution in [2.24, 2.45) is 5.14 Å². The van der Waals surface area contributed by atoms with E-state index in [4.69, 9.17) is 5.14 Å². The molecule has 1 unspecified atom stereocenters. The second-order valence-corrected chi connectivity index (χ2v) is 6.74. The molecule has 0 aromatic heterocycles. The van der Waals surface area contributed by atoms with Crippen LogP contribution in [0.2, 0.25) is 0 Å². The van der Waals surface area contributed by atoms with Gasteiger partial charge < -0.3 is 5.32 Å². The molecule has 1 saturated heterocycles. The Labute approximate surface area is 119 Å². The van der Waals surface area contributed by atoms with E-state index in [1.165, 1.54) is 4.90 Å². The van der Waals surface area contributed by atoms with Gasteiger partial charge in [0.05, 0.1) is 18.2 Å². The van der Waals surface area contributed by atoms with Gasteiger partial charge >= 0.3 is 0 Å². The lowest BCUT2D eigenvalue weighted by Gasteiger charge is -2.24. The van der Waals surface area contributed by atoms with Crippen molar-refractivity contribution >= 4 is 21.8 Å². The molecular weight excluding hydrogens is 282 g/mol. The van der Waals surface area contributed by atoms with Gasteiger partial charge in [0, 0.05) is 6.04 Å². The normalized spacial score (nSPS) is 20.2. The average Bonchev–Trinajstić information content (AvgIpc) is 2.63. The molecule has 1 atom stereocenters. The van der Waals surface area contributed by atoms with Crippen LogP contribution >= 0.6 is 0 Å². The van der Waals surface area contributed by atoms with Crippen molar-refractivity contribution in [2.45, 2.75) is 51.6 Å². The minimum absolute atomic E-state index is 0.0498. The molecule has 116 valence electrons. The molecule has 0 saturated carbocycles. The van der Waals surface area contributed by atoms with Gasteiger partial charge in [0.15, 0.2) is 0 Å². The van der Waals surface area contributed by atoms with Gasteiger partial charge in [-0.1, -0.05) is 13.8 Å². The van der Waals surface area contributed by atoms with Crippen molar-refractivity contribution in [2.75, 3.05) is 12.3 Å². The van der Waals surface area contributed by atoms with E-state index in [1.54, 1.807) is 0 Å². The number of nitrogens with zero attached hydrogens (tertiary/aromatic N) is 1. The zero-order chi connectivity index (χ0) is 15.3. The van der Waals surface area contributed by atoms with Crippen LogP contribution in [0.25, 0.3) is 0 Å². The van der Waals surface area contributed by atoms with Gasteiger partial charge in [-0.15, -0.1) is 0 Å². The fourth-order valence-electron chi connectivity index (χ4n) is 2.40. The number of carbonyl (C=O) groups excluding carboxylic acids is 2. The summed E-state index contributed by atoms with van der Waals surface area (Å²) >= 11 is 0. The van der Waals surface area contributed by atoms with Crippen molar-refractivity contribution in [1.29, 1.82) is 0 Å². The molecule has 7 nitrogen and oxygen atoms in total. The lowest BCUT2D eigenvalue weighted by molar-refractivity contribution is -0.141. The maximum atomic E-state index is 12.2. The molecule has 0 bridgehead atoms. The highest BCUT2D eigenvalue weighted by molar-refractivity contribution is 7.89. The Bertz CT molecular complexity index is 459. The summed E-state index contributed by atoms with van der Waals surface area (Å²) in [4.78, 5) is 25.4. The Kier molecular flexibility index (Phi) is 6.09. The number of likely N-dealkylation sites (tertiary alicyclic amines) is 1. The number of imide groups is 1. The number of amides is 2.